The van der Waals surface area contributed by atoms with Crippen molar-refractivity contribution in [3.05, 3.63) is 35.4 Å². The first kappa shape index (κ1) is 16.5. The standard InChI is InChI=1S/C14H18F3NO2/c1-10(8-14(15,16)17)18-9-12-6-4-3-5-11(12)7-13(19)20-2/h3-6,10,18H,7-9H2,1-2H3. The van der Waals surface area contributed by atoms with Crippen LogP contribution in [0.5, 0.6) is 0 Å². The van der Waals surface area contributed by atoms with Gasteiger partial charge in [0.1, 0.15) is 0 Å². The van der Waals surface area contributed by atoms with E-state index < -0.39 is 18.6 Å². The molecule has 0 amide bonds. The van der Waals surface area contributed by atoms with Crippen molar-refractivity contribution in [1.29, 1.82) is 0 Å². The van der Waals surface area contributed by atoms with Gasteiger partial charge in [0.05, 0.1) is 20.0 Å². The molecular weight excluding hydrogens is 271 g/mol. The van der Waals surface area contributed by atoms with Crippen molar-refractivity contribution in [3.63, 3.8) is 0 Å². The van der Waals surface area contributed by atoms with Gasteiger partial charge in [-0.2, -0.15) is 13.2 Å². The second kappa shape index (κ2) is 7.28. The molecule has 1 rings (SSSR count). The number of benzene rings is 1. The van der Waals surface area contributed by atoms with Crippen LogP contribution in [0.15, 0.2) is 24.3 Å². The monoisotopic (exact) mass is 289 g/mol. The predicted molar refractivity (Wildman–Crippen MR) is 69.1 cm³/mol. The zero-order valence-electron chi connectivity index (χ0n) is 11.5. The van der Waals surface area contributed by atoms with Gasteiger partial charge in [0, 0.05) is 12.6 Å². The van der Waals surface area contributed by atoms with Crippen LogP contribution in [0.1, 0.15) is 24.5 Å². The first-order valence-electron chi connectivity index (χ1n) is 6.25. The zero-order chi connectivity index (χ0) is 15.2. The van der Waals surface area contributed by atoms with E-state index >= 15 is 0 Å². The van der Waals surface area contributed by atoms with Crippen LogP contribution in [0.25, 0.3) is 0 Å². The van der Waals surface area contributed by atoms with Crippen LogP contribution in [0, 0.1) is 0 Å². The molecule has 0 heterocycles. The number of ether oxygens (including phenoxy) is 1. The molecule has 0 saturated carbocycles. The van der Waals surface area contributed by atoms with E-state index in [-0.39, 0.29) is 18.9 Å². The van der Waals surface area contributed by atoms with Gasteiger partial charge in [-0.1, -0.05) is 24.3 Å². The highest BCUT2D eigenvalue weighted by Gasteiger charge is 2.29. The molecule has 0 saturated heterocycles. The van der Waals surface area contributed by atoms with Gasteiger partial charge in [-0.15, -0.1) is 0 Å². The van der Waals surface area contributed by atoms with E-state index in [1.165, 1.54) is 14.0 Å². The average Bonchev–Trinajstić information content (AvgIpc) is 2.35. The Morgan fingerprint density at radius 3 is 2.45 bits per heavy atom. The van der Waals surface area contributed by atoms with Crippen LogP contribution in [0.3, 0.4) is 0 Å². The molecule has 20 heavy (non-hydrogen) atoms. The molecular formula is C14H18F3NO2. The van der Waals surface area contributed by atoms with Crippen LogP contribution in [0.2, 0.25) is 0 Å². The highest BCUT2D eigenvalue weighted by Crippen LogP contribution is 2.21. The van der Waals surface area contributed by atoms with E-state index in [4.69, 9.17) is 0 Å². The van der Waals surface area contributed by atoms with Crippen LogP contribution in [0.4, 0.5) is 13.2 Å². The lowest BCUT2D eigenvalue weighted by atomic mass is 10.0. The zero-order valence-corrected chi connectivity index (χ0v) is 11.5. The lowest BCUT2D eigenvalue weighted by molar-refractivity contribution is -0.140. The predicted octanol–water partition coefficient (Wildman–Crippen LogP) is 2.83. The summed E-state index contributed by atoms with van der Waals surface area (Å²) in [6.07, 6.45) is -4.95. The molecule has 0 aliphatic carbocycles. The van der Waals surface area contributed by atoms with E-state index in [9.17, 15) is 18.0 Å². The molecule has 0 spiro atoms. The number of halogens is 3. The number of nitrogens with one attached hydrogen (secondary N) is 1. The molecule has 1 N–H and O–H groups in total. The van der Waals surface area contributed by atoms with Gasteiger partial charge in [0.15, 0.2) is 0 Å². The summed E-state index contributed by atoms with van der Waals surface area (Å²) in [5.74, 6) is -0.374. The van der Waals surface area contributed by atoms with Gasteiger partial charge in [0.25, 0.3) is 0 Å². The van der Waals surface area contributed by atoms with E-state index in [0.717, 1.165) is 11.1 Å². The van der Waals surface area contributed by atoms with Gasteiger partial charge in [-0.25, -0.2) is 0 Å². The Hall–Kier alpha value is -1.56. The number of hydrogen-bond donors (Lipinski definition) is 1. The van der Waals surface area contributed by atoms with Crippen LogP contribution in [-0.4, -0.2) is 25.3 Å². The van der Waals surface area contributed by atoms with Crippen molar-refractivity contribution in [3.8, 4) is 0 Å². The minimum Gasteiger partial charge on any atom is -0.469 e. The first-order chi connectivity index (χ1) is 9.31. The number of rotatable bonds is 6. The topological polar surface area (TPSA) is 38.3 Å². The van der Waals surface area contributed by atoms with Gasteiger partial charge in [0.2, 0.25) is 0 Å². The van der Waals surface area contributed by atoms with Crippen molar-refractivity contribution in [2.45, 2.75) is 38.5 Å². The number of carbonyl (C=O) groups excluding carboxylic acids is 1. The lowest BCUT2D eigenvalue weighted by Gasteiger charge is -2.17. The molecule has 0 fully saturated rings. The fourth-order valence-corrected chi connectivity index (χ4v) is 1.83. The number of esters is 1. The minimum atomic E-state index is -4.18. The maximum atomic E-state index is 12.2. The molecule has 0 radical (unpaired) electrons. The summed E-state index contributed by atoms with van der Waals surface area (Å²) in [6.45, 7) is 1.76. The SMILES string of the molecule is COC(=O)Cc1ccccc1CNC(C)CC(F)(F)F. The Bertz CT molecular complexity index is 446. The summed E-state index contributed by atoms with van der Waals surface area (Å²) in [5.41, 5.74) is 1.55. The van der Waals surface area contributed by atoms with Gasteiger partial charge >= 0.3 is 12.1 Å². The second-order valence-electron chi connectivity index (χ2n) is 4.62. The maximum absolute atomic E-state index is 12.2. The Morgan fingerprint density at radius 1 is 1.30 bits per heavy atom. The van der Waals surface area contributed by atoms with E-state index in [2.05, 4.69) is 10.1 Å². The fraction of sp³-hybridized carbons (Fsp3) is 0.500. The number of carbonyl (C=O) groups is 1. The largest absolute Gasteiger partial charge is 0.469 e. The van der Waals surface area contributed by atoms with Gasteiger partial charge in [-0.3, -0.25) is 4.79 Å². The normalized spacial score (nSPS) is 13.1. The lowest BCUT2D eigenvalue weighted by Crippen LogP contribution is -2.31. The van der Waals surface area contributed by atoms with Crippen LogP contribution >= 0.6 is 0 Å². The number of hydrogen-bond acceptors (Lipinski definition) is 3. The summed E-state index contributed by atoms with van der Waals surface area (Å²) in [6, 6.07) is 6.43. The average molecular weight is 289 g/mol. The van der Waals surface area contributed by atoms with Crippen LogP contribution < -0.4 is 5.32 Å². The second-order valence-corrected chi connectivity index (χ2v) is 4.62. The molecule has 0 aromatic heterocycles. The Morgan fingerprint density at radius 2 is 1.90 bits per heavy atom. The summed E-state index contributed by atoms with van der Waals surface area (Å²) < 4.78 is 41.3. The molecule has 1 atom stereocenters. The third-order valence-corrected chi connectivity index (χ3v) is 2.86. The Balaban J connectivity index is 2.61. The van der Waals surface area contributed by atoms with Crippen molar-refractivity contribution in [2.75, 3.05) is 7.11 Å². The molecule has 112 valence electrons. The minimum absolute atomic E-state index is 0.113. The molecule has 1 aromatic carbocycles. The summed E-state index contributed by atoms with van der Waals surface area (Å²) in [5, 5.41) is 2.81. The maximum Gasteiger partial charge on any atom is 0.390 e. The molecule has 1 unspecified atom stereocenters. The number of alkyl halides is 3. The molecule has 3 nitrogen and oxygen atoms in total. The summed E-state index contributed by atoms with van der Waals surface area (Å²) >= 11 is 0. The van der Waals surface area contributed by atoms with E-state index in [1.807, 2.05) is 0 Å². The smallest absolute Gasteiger partial charge is 0.390 e. The van der Waals surface area contributed by atoms with Gasteiger partial charge in [-0.05, 0) is 18.1 Å². The molecule has 0 aliphatic rings. The van der Waals surface area contributed by atoms with Crippen molar-refractivity contribution in [1.82, 2.24) is 5.32 Å². The molecule has 6 heteroatoms. The highest BCUT2D eigenvalue weighted by molar-refractivity contribution is 5.72. The van der Waals surface area contributed by atoms with Crippen molar-refractivity contribution >= 4 is 5.97 Å². The Labute approximate surface area is 116 Å². The van der Waals surface area contributed by atoms with Crippen molar-refractivity contribution in [2.24, 2.45) is 0 Å². The molecule has 0 bridgehead atoms. The quantitative estimate of drug-likeness (QED) is 0.818. The Kier molecular flexibility index (Phi) is 6.01. The fourth-order valence-electron chi connectivity index (χ4n) is 1.83. The van der Waals surface area contributed by atoms with Gasteiger partial charge < -0.3 is 10.1 Å². The molecule has 0 aliphatic heterocycles. The molecule has 1 aromatic rings. The third-order valence-electron chi connectivity index (χ3n) is 2.86. The van der Waals surface area contributed by atoms with Crippen molar-refractivity contribution < 1.29 is 22.7 Å². The summed E-state index contributed by atoms with van der Waals surface area (Å²) in [4.78, 5) is 11.3. The van der Waals surface area contributed by atoms with E-state index in [1.54, 1.807) is 24.3 Å². The number of methoxy groups -OCH3 is 1. The summed E-state index contributed by atoms with van der Waals surface area (Å²) in [7, 11) is 1.30. The highest BCUT2D eigenvalue weighted by atomic mass is 19.4. The van der Waals surface area contributed by atoms with E-state index in [0.29, 0.717) is 0 Å². The third kappa shape index (κ3) is 6.06. The van der Waals surface area contributed by atoms with Crippen LogP contribution in [-0.2, 0) is 22.5 Å². The first-order valence-corrected chi connectivity index (χ1v) is 6.25.